The fraction of sp³-hybridized carbons (Fsp3) is 0.952. The first-order valence-electron chi connectivity index (χ1n) is 10.1. The highest BCUT2D eigenvalue weighted by Crippen LogP contribution is 2.68. The number of nitriles is 1. The Bertz CT molecular complexity index is 477. The average molecular weight is 300 g/mol. The molecule has 1 nitrogen and oxygen atoms in total. The van der Waals surface area contributed by atoms with E-state index in [2.05, 4.69) is 19.9 Å². The van der Waals surface area contributed by atoms with Gasteiger partial charge in [-0.15, -0.1) is 0 Å². The largest absolute Gasteiger partial charge is 0.198 e. The van der Waals surface area contributed by atoms with Gasteiger partial charge in [-0.1, -0.05) is 26.7 Å². The third-order valence-corrected chi connectivity index (χ3v) is 9.10. The smallest absolute Gasteiger partial charge is 0.0661 e. The number of nitrogens with zero attached hydrogens (tertiary/aromatic N) is 1. The molecule has 22 heavy (non-hydrogen) atoms. The Hall–Kier alpha value is -0.510. The molecule has 7 unspecified atom stereocenters. The van der Waals surface area contributed by atoms with Crippen LogP contribution in [0.15, 0.2) is 0 Å². The molecule has 0 aliphatic heterocycles. The molecule has 0 aromatic heterocycles. The molecular weight excluding hydrogens is 266 g/mol. The van der Waals surface area contributed by atoms with E-state index < -0.39 is 0 Å². The molecule has 4 aliphatic rings. The van der Waals surface area contributed by atoms with E-state index >= 15 is 0 Å². The van der Waals surface area contributed by atoms with E-state index in [-0.39, 0.29) is 0 Å². The lowest BCUT2D eigenvalue weighted by Crippen LogP contribution is -2.53. The van der Waals surface area contributed by atoms with Crippen LogP contribution in [0, 0.1) is 51.8 Å². The minimum Gasteiger partial charge on any atom is -0.198 e. The van der Waals surface area contributed by atoms with Gasteiger partial charge in [-0.3, -0.25) is 0 Å². The van der Waals surface area contributed by atoms with Gasteiger partial charge in [0.25, 0.3) is 0 Å². The van der Waals surface area contributed by atoms with Crippen LogP contribution in [-0.2, 0) is 0 Å². The van der Waals surface area contributed by atoms with Gasteiger partial charge < -0.3 is 0 Å². The Morgan fingerprint density at radius 2 is 1.82 bits per heavy atom. The van der Waals surface area contributed by atoms with Crippen LogP contribution in [0.25, 0.3) is 0 Å². The van der Waals surface area contributed by atoms with Gasteiger partial charge >= 0.3 is 0 Å². The summed E-state index contributed by atoms with van der Waals surface area (Å²) in [6, 6.07) is 2.68. The Kier molecular flexibility index (Phi) is 3.59. The summed E-state index contributed by atoms with van der Waals surface area (Å²) >= 11 is 0. The zero-order chi connectivity index (χ0) is 15.4. The third-order valence-electron chi connectivity index (χ3n) is 9.10. The maximum Gasteiger partial charge on any atom is 0.0661 e. The van der Waals surface area contributed by atoms with Gasteiger partial charge in [-0.2, -0.15) is 5.26 Å². The Morgan fingerprint density at radius 3 is 2.59 bits per heavy atom. The van der Waals surface area contributed by atoms with E-state index in [1.807, 2.05) is 0 Å². The van der Waals surface area contributed by atoms with E-state index in [1.165, 1.54) is 70.6 Å². The predicted octanol–water partition coefficient (Wildman–Crippen LogP) is 5.95. The van der Waals surface area contributed by atoms with Gasteiger partial charge in [0.05, 0.1) is 12.0 Å². The molecule has 0 aromatic rings. The molecule has 0 aromatic carbocycles. The Morgan fingerprint density at radius 1 is 0.955 bits per heavy atom. The first-order chi connectivity index (χ1) is 10.7. The lowest BCUT2D eigenvalue weighted by Gasteiger charge is -2.61. The Balaban J connectivity index is 1.66. The van der Waals surface area contributed by atoms with Gasteiger partial charge in [0.1, 0.15) is 0 Å². The van der Waals surface area contributed by atoms with Crippen molar-refractivity contribution in [3.05, 3.63) is 0 Å². The van der Waals surface area contributed by atoms with E-state index in [4.69, 9.17) is 0 Å². The molecule has 0 N–H and O–H groups in total. The van der Waals surface area contributed by atoms with Crippen molar-refractivity contribution in [1.29, 1.82) is 5.26 Å². The van der Waals surface area contributed by atoms with Crippen LogP contribution in [-0.4, -0.2) is 0 Å². The van der Waals surface area contributed by atoms with Crippen molar-refractivity contribution in [1.82, 2.24) is 0 Å². The first-order valence-corrected chi connectivity index (χ1v) is 10.1. The van der Waals surface area contributed by atoms with Crippen LogP contribution in [0.5, 0.6) is 0 Å². The summed E-state index contributed by atoms with van der Waals surface area (Å²) in [4.78, 5) is 0. The lowest BCUT2D eigenvalue weighted by molar-refractivity contribution is -0.118. The number of rotatable bonds is 1. The maximum atomic E-state index is 9.60. The van der Waals surface area contributed by atoms with Crippen LogP contribution < -0.4 is 0 Å². The molecular formula is C21H33N. The van der Waals surface area contributed by atoms with Crippen molar-refractivity contribution in [2.45, 2.75) is 84.5 Å². The first kappa shape index (κ1) is 15.0. The summed E-state index contributed by atoms with van der Waals surface area (Å²) in [5.74, 6) is 4.19. The molecule has 1 heteroatoms. The lowest BCUT2D eigenvalue weighted by atomic mass is 9.44. The molecule has 0 spiro atoms. The summed E-state index contributed by atoms with van der Waals surface area (Å²) < 4.78 is 0. The highest BCUT2D eigenvalue weighted by atomic mass is 14.6. The van der Waals surface area contributed by atoms with Crippen LogP contribution in [0.4, 0.5) is 0 Å². The normalized spacial score (nSPS) is 54.0. The van der Waals surface area contributed by atoms with Crippen LogP contribution in [0.3, 0.4) is 0 Å². The number of hydrogen-bond donors (Lipinski definition) is 0. The van der Waals surface area contributed by atoms with Crippen LogP contribution in [0.2, 0.25) is 0 Å². The molecule has 4 aliphatic carbocycles. The molecule has 0 radical (unpaired) electrons. The second-order valence-corrected chi connectivity index (χ2v) is 9.29. The standard InChI is InChI=1S/C21H33N/c1-3-21-12-5-4-6-15(21)7-9-17-18-10-8-16(14-22)20(18,2)13-11-19(17)21/h15-19H,3-13H2,1-2H3. The molecule has 0 bridgehead atoms. The second kappa shape index (κ2) is 5.25. The zero-order valence-corrected chi connectivity index (χ0v) is 14.6. The van der Waals surface area contributed by atoms with Gasteiger partial charge in [-0.05, 0) is 92.3 Å². The maximum absolute atomic E-state index is 9.60. The third kappa shape index (κ3) is 1.82. The quantitative estimate of drug-likeness (QED) is 0.587. The zero-order valence-electron chi connectivity index (χ0n) is 14.6. The summed E-state index contributed by atoms with van der Waals surface area (Å²) in [6.45, 7) is 4.96. The molecule has 0 saturated heterocycles. The molecule has 7 atom stereocenters. The fourth-order valence-corrected chi connectivity index (χ4v) is 7.99. The number of hydrogen-bond acceptors (Lipinski definition) is 1. The van der Waals surface area contributed by atoms with Crippen LogP contribution >= 0.6 is 0 Å². The second-order valence-electron chi connectivity index (χ2n) is 9.29. The van der Waals surface area contributed by atoms with Crippen molar-refractivity contribution in [2.75, 3.05) is 0 Å². The SMILES string of the molecule is CCC12CCCCC1CCC1C3CCC(C#N)C3(C)CCC12. The monoisotopic (exact) mass is 299 g/mol. The molecule has 4 rings (SSSR count). The topological polar surface area (TPSA) is 23.8 Å². The highest BCUT2D eigenvalue weighted by molar-refractivity contribution is 5.12. The van der Waals surface area contributed by atoms with E-state index in [1.54, 1.807) is 0 Å². The Labute approximate surface area is 136 Å². The summed E-state index contributed by atoms with van der Waals surface area (Å²) in [7, 11) is 0. The number of fused-ring (bicyclic) bond motifs is 5. The summed E-state index contributed by atoms with van der Waals surface area (Å²) in [5, 5.41) is 9.60. The molecule has 0 amide bonds. The minimum atomic E-state index is 0.347. The van der Waals surface area contributed by atoms with Gasteiger partial charge in [0.2, 0.25) is 0 Å². The van der Waals surface area contributed by atoms with Gasteiger partial charge in [0, 0.05) is 0 Å². The van der Waals surface area contributed by atoms with Gasteiger partial charge in [0.15, 0.2) is 0 Å². The van der Waals surface area contributed by atoms with E-state index in [9.17, 15) is 5.26 Å². The molecule has 122 valence electrons. The highest BCUT2D eigenvalue weighted by Gasteiger charge is 2.60. The molecule has 4 fully saturated rings. The van der Waals surface area contributed by atoms with Crippen molar-refractivity contribution >= 4 is 0 Å². The van der Waals surface area contributed by atoms with Crippen molar-refractivity contribution in [3.8, 4) is 6.07 Å². The molecule has 0 heterocycles. The fourth-order valence-electron chi connectivity index (χ4n) is 7.99. The molecule has 4 saturated carbocycles. The predicted molar refractivity (Wildman–Crippen MR) is 90.1 cm³/mol. The minimum absolute atomic E-state index is 0.347. The summed E-state index contributed by atoms with van der Waals surface area (Å²) in [6.07, 6.45) is 15.7. The average Bonchev–Trinajstić information content (AvgIpc) is 2.90. The van der Waals surface area contributed by atoms with Crippen molar-refractivity contribution < 1.29 is 0 Å². The summed E-state index contributed by atoms with van der Waals surface area (Å²) in [5.41, 5.74) is 1.04. The van der Waals surface area contributed by atoms with E-state index in [0.29, 0.717) is 16.7 Å². The van der Waals surface area contributed by atoms with Crippen LogP contribution in [0.1, 0.15) is 84.5 Å². The van der Waals surface area contributed by atoms with Crippen molar-refractivity contribution in [2.24, 2.45) is 40.4 Å². The van der Waals surface area contributed by atoms with Gasteiger partial charge in [-0.25, -0.2) is 0 Å². The van der Waals surface area contributed by atoms with E-state index in [0.717, 1.165) is 23.7 Å². The van der Waals surface area contributed by atoms with Crippen molar-refractivity contribution in [3.63, 3.8) is 0 Å².